The third-order valence-corrected chi connectivity index (χ3v) is 5.10. The number of amides is 2. The monoisotopic (exact) mass is 399 g/mol. The fraction of sp³-hybridized carbons (Fsp3) is 0.391. The zero-order valence-electron chi connectivity index (χ0n) is 17.5. The number of halogens is 1. The summed E-state index contributed by atoms with van der Waals surface area (Å²) in [5.41, 5.74) is 1.94. The molecule has 0 aliphatic rings. The second-order valence-electron chi connectivity index (χ2n) is 7.53. The molecular weight excluding hydrogens is 369 g/mol. The molecule has 6 heteroatoms. The van der Waals surface area contributed by atoms with E-state index in [4.69, 9.17) is 0 Å². The number of carbonyl (C=O) groups excluding carboxylic acids is 2. The van der Waals surface area contributed by atoms with Crippen LogP contribution in [-0.4, -0.2) is 50.4 Å². The summed E-state index contributed by atoms with van der Waals surface area (Å²) in [7, 11) is 5.33. The summed E-state index contributed by atoms with van der Waals surface area (Å²) in [6, 6.07) is 14.6. The van der Waals surface area contributed by atoms with Crippen LogP contribution in [0, 0.1) is 5.82 Å². The number of nitrogens with one attached hydrogen (secondary N) is 2. The number of nitrogens with zero attached hydrogens (tertiary/aromatic N) is 1. The van der Waals surface area contributed by atoms with Crippen molar-refractivity contribution in [1.29, 1.82) is 0 Å². The molecule has 0 spiro atoms. The first-order valence-corrected chi connectivity index (χ1v) is 9.80. The van der Waals surface area contributed by atoms with E-state index in [1.54, 1.807) is 6.07 Å². The first-order valence-electron chi connectivity index (χ1n) is 9.80. The molecule has 2 aromatic carbocycles. The van der Waals surface area contributed by atoms with Gasteiger partial charge >= 0.3 is 0 Å². The van der Waals surface area contributed by atoms with Crippen molar-refractivity contribution in [3.8, 4) is 0 Å². The van der Waals surface area contributed by atoms with Gasteiger partial charge in [-0.25, -0.2) is 4.39 Å². The summed E-state index contributed by atoms with van der Waals surface area (Å²) in [4.78, 5) is 26.0. The number of hydrogen-bond acceptors (Lipinski definition) is 3. The third kappa shape index (κ3) is 6.68. The Morgan fingerprint density at radius 2 is 1.79 bits per heavy atom. The molecule has 0 aliphatic carbocycles. The van der Waals surface area contributed by atoms with E-state index >= 15 is 0 Å². The third-order valence-electron chi connectivity index (χ3n) is 5.10. The zero-order valence-corrected chi connectivity index (χ0v) is 17.5. The van der Waals surface area contributed by atoms with E-state index in [-0.39, 0.29) is 23.4 Å². The summed E-state index contributed by atoms with van der Waals surface area (Å²) < 4.78 is 14.2. The lowest BCUT2D eigenvalue weighted by atomic mass is 9.97. The van der Waals surface area contributed by atoms with Crippen LogP contribution in [0.4, 0.5) is 4.39 Å². The van der Waals surface area contributed by atoms with E-state index in [9.17, 15) is 14.0 Å². The molecular formula is C23H30FN3O2. The molecule has 0 saturated heterocycles. The van der Waals surface area contributed by atoms with Crippen molar-refractivity contribution in [3.63, 3.8) is 0 Å². The van der Waals surface area contributed by atoms with Gasteiger partial charge in [-0.3, -0.25) is 9.59 Å². The fourth-order valence-electron chi connectivity index (χ4n) is 3.20. The normalized spacial score (nSPS) is 13.0. The summed E-state index contributed by atoms with van der Waals surface area (Å²) >= 11 is 0. The highest BCUT2D eigenvalue weighted by atomic mass is 19.1. The van der Waals surface area contributed by atoms with Crippen molar-refractivity contribution < 1.29 is 14.0 Å². The van der Waals surface area contributed by atoms with Gasteiger partial charge in [-0.1, -0.05) is 43.3 Å². The molecule has 0 bridgehead atoms. The van der Waals surface area contributed by atoms with Crippen LogP contribution in [0.15, 0.2) is 48.5 Å². The lowest BCUT2D eigenvalue weighted by Crippen LogP contribution is -2.41. The fourth-order valence-corrected chi connectivity index (χ4v) is 3.20. The molecule has 2 rings (SSSR count). The minimum absolute atomic E-state index is 0.00523. The second-order valence-corrected chi connectivity index (χ2v) is 7.53. The largest absolute Gasteiger partial charge is 0.355 e. The number of rotatable bonds is 9. The smallest absolute Gasteiger partial charge is 0.253 e. The van der Waals surface area contributed by atoms with Crippen LogP contribution < -0.4 is 10.6 Å². The van der Waals surface area contributed by atoms with Crippen LogP contribution in [0.3, 0.4) is 0 Å². The first-order chi connectivity index (χ1) is 13.8. The minimum Gasteiger partial charge on any atom is -0.355 e. The van der Waals surface area contributed by atoms with Crippen molar-refractivity contribution in [3.05, 3.63) is 71.0 Å². The quantitative estimate of drug-likeness (QED) is 0.682. The van der Waals surface area contributed by atoms with Crippen LogP contribution in [0.25, 0.3) is 0 Å². The lowest BCUT2D eigenvalue weighted by molar-refractivity contribution is -0.121. The predicted molar refractivity (Wildman–Crippen MR) is 113 cm³/mol. The zero-order chi connectivity index (χ0) is 21.4. The van der Waals surface area contributed by atoms with Crippen molar-refractivity contribution in [2.45, 2.75) is 31.7 Å². The molecule has 2 N–H and O–H groups in total. The number of carbonyl (C=O) groups is 2. The topological polar surface area (TPSA) is 61.4 Å². The Kier molecular flexibility index (Phi) is 8.34. The van der Waals surface area contributed by atoms with Crippen molar-refractivity contribution in [2.75, 3.05) is 27.7 Å². The van der Waals surface area contributed by atoms with Gasteiger partial charge in [0.15, 0.2) is 0 Å². The highest BCUT2D eigenvalue weighted by molar-refractivity contribution is 5.94. The first kappa shape index (κ1) is 22.6. The van der Waals surface area contributed by atoms with E-state index in [1.165, 1.54) is 19.2 Å². The van der Waals surface area contributed by atoms with Gasteiger partial charge in [0.25, 0.3) is 5.91 Å². The molecule has 29 heavy (non-hydrogen) atoms. The Morgan fingerprint density at radius 1 is 1.10 bits per heavy atom. The van der Waals surface area contributed by atoms with Gasteiger partial charge in [-0.05, 0) is 49.7 Å². The average Bonchev–Trinajstić information content (AvgIpc) is 2.71. The molecule has 2 amide bonds. The van der Waals surface area contributed by atoms with Gasteiger partial charge in [0.05, 0.1) is 5.56 Å². The molecule has 0 radical (unpaired) electrons. The van der Waals surface area contributed by atoms with Crippen LogP contribution in [0.2, 0.25) is 0 Å². The molecule has 0 unspecified atom stereocenters. The Hall–Kier alpha value is -2.73. The molecule has 0 aliphatic heterocycles. The van der Waals surface area contributed by atoms with Gasteiger partial charge in [0, 0.05) is 26.1 Å². The Balaban J connectivity index is 1.94. The van der Waals surface area contributed by atoms with E-state index in [0.29, 0.717) is 19.4 Å². The van der Waals surface area contributed by atoms with Gasteiger partial charge in [-0.2, -0.15) is 0 Å². The molecule has 0 saturated carbocycles. The molecule has 0 aromatic heterocycles. The van der Waals surface area contributed by atoms with Crippen LogP contribution in [-0.2, 0) is 11.2 Å². The number of likely N-dealkylation sites (N-methyl/N-ethyl adjacent to an activating group) is 1. The lowest BCUT2D eigenvalue weighted by Gasteiger charge is -2.25. The van der Waals surface area contributed by atoms with E-state index < -0.39 is 11.7 Å². The maximum atomic E-state index is 14.2. The van der Waals surface area contributed by atoms with Crippen molar-refractivity contribution in [2.24, 2.45) is 0 Å². The van der Waals surface area contributed by atoms with Crippen LogP contribution >= 0.6 is 0 Å². The summed E-state index contributed by atoms with van der Waals surface area (Å²) in [5.74, 6) is -0.854. The molecule has 2 aromatic rings. The minimum atomic E-state index is -0.542. The van der Waals surface area contributed by atoms with Crippen molar-refractivity contribution in [1.82, 2.24) is 15.5 Å². The maximum Gasteiger partial charge on any atom is 0.253 e. The van der Waals surface area contributed by atoms with Crippen LogP contribution in [0.1, 0.15) is 40.7 Å². The second kappa shape index (κ2) is 10.7. The molecule has 0 fully saturated rings. The molecule has 2 atom stereocenters. The van der Waals surface area contributed by atoms with E-state index in [0.717, 1.165) is 11.1 Å². The summed E-state index contributed by atoms with van der Waals surface area (Å²) in [6.45, 7) is 2.50. The van der Waals surface area contributed by atoms with E-state index in [1.807, 2.05) is 56.3 Å². The summed E-state index contributed by atoms with van der Waals surface area (Å²) in [5, 5.41) is 5.43. The average molecular weight is 400 g/mol. The van der Waals surface area contributed by atoms with Crippen LogP contribution in [0.5, 0.6) is 0 Å². The Labute approximate surface area is 172 Å². The van der Waals surface area contributed by atoms with Crippen molar-refractivity contribution >= 4 is 11.8 Å². The highest BCUT2D eigenvalue weighted by Crippen LogP contribution is 2.18. The van der Waals surface area contributed by atoms with E-state index in [2.05, 4.69) is 10.6 Å². The van der Waals surface area contributed by atoms with Gasteiger partial charge < -0.3 is 15.5 Å². The molecule has 0 heterocycles. The Morgan fingerprint density at radius 3 is 2.38 bits per heavy atom. The number of benzene rings is 2. The maximum absolute atomic E-state index is 14.2. The SMILES string of the molecule is CNC(=O)c1ccc(C[C@@H](CNC(=O)C[C@@H](C)c2ccccc2)N(C)C)cc1F. The predicted octanol–water partition coefficient (Wildman–Crippen LogP) is 2.97. The molecule has 156 valence electrons. The molecule has 5 nitrogen and oxygen atoms in total. The van der Waals surface area contributed by atoms with Gasteiger partial charge in [-0.15, -0.1) is 0 Å². The standard InChI is InChI=1S/C23H30FN3O2/c1-16(18-8-6-5-7-9-18)12-22(28)26-15-19(27(3)4)13-17-10-11-20(21(24)14-17)23(29)25-2/h5-11,14,16,19H,12-13,15H2,1-4H3,(H,25,29)(H,26,28)/t16-,19+/m1/s1. The number of hydrogen-bond donors (Lipinski definition) is 2. The Bertz CT molecular complexity index is 824. The van der Waals surface area contributed by atoms with Gasteiger partial charge in [0.2, 0.25) is 5.91 Å². The van der Waals surface area contributed by atoms with Gasteiger partial charge in [0.1, 0.15) is 5.82 Å². The summed E-state index contributed by atoms with van der Waals surface area (Å²) in [6.07, 6.45) is 0.978. The highest BCUT2D eigenvalue weighted by Gasteiger charge is 2.17.